The normalized spacial score (nSPS) is 14.3. The van der Waals surface area contributed by atoms with Gasteiger partial charge in [-0.25, -0.2) is 14.8 Å². The summed E-state index contributed by atoms with van der Waals surface area (Å²) in [6.45, 7) is 1.72. The second kappa shape index (κ2) is 9.13. The van der Waals surface area contributed by atoms with E-state index in [4.69, 9.17) is 9.72 Å². The van der Waals surface area contributed by atoms with Crippen molar-refractivity contribution in [3.8, 4) is 0 Å². The summed E-state index contributed by atoms with van der Waals surface area (Å²) in [6.07, 6.45) is 4.73. The number of fused-ring (bicyclic) bond motifs is 3. The first-order valence-electron chi connectivity index (χ1n) is 11.8. The molecular weight excluding hydrogens is 472 g/mol. The molecule has 0 aliphatic heterocycles. The smallest absolute Gasteiger partial charge is 0.339 e. The largest absolute Gasteiger partial charge is 0.455 e. The molecule has 6 rings (SSSR count). The lowest BCUT2D eigenvalue weighted by atomic mass is 9.86. The Kier molecular flexibility index (Phi) is 5.65. The van der Waals surface area contributed by atoms with Crippen LogP contribution in [0.4, 0.5) is 0 Å². The first-order chi connectivity index (χ1) is 17.6. The summed E-state index contributed by atoms with van der Waals surface area (Å²) in [5.74, 6) is -0.415. The van der Waals surface area contributed by atoms with E-state index in [0.717, 1.165) is 52.6 Å². The zero-order valence-electron chi connectivity index (χ0n) is 19.6. The standard InChI is InChI=1S/C28H22N4O3S/c1-17-14-24(33)32-28(29-17)36-23(31-32)16-35-27(34)25-20-11-5-6-13-22(20)30-26-19(10-7-12-21(25)26)15-18-8-3-2-4-9-18/h2-6,8-9,11,13-15H,7,10,12,16H2,1H3/b19-15+. The summed E-state index contributed by atoms with van der Waals surface area (Å²) in [6, 6.07) is 19.3. The van der Waals surface area contributed by atoms with Crippen molar-refractivity contribution in [1.29, 1.82) is 0 Å². The Hall–Kier alpha value is -4.17. The number of para-hydroxylation sites is 1. The molecule has 1 aliphatic carbocycles. The van der Waals surface area contributed by atoms with Gasteiger partial charge in [0.15, 0.2) is 5.01 Å². The van der Waals surface area contributed by atoms with E-state index in [0.29, 0.717) is 21.2 Å². The van der Waals surface area contributed by atoms with Gasteiger partial charge in [-0.1, -0.05) is 59.9 Å². The third-order valence-electron chi connectivity index (χ3n) is 6.26. The minimum atomic E-state index is -0.415. The maximum absolute atomic E-state index is 13.5. The van der Waals surface area contributed by atoms with Gasteiger partial charge in [-0.3, -0.25) is 4.79 Å². The molecule has 0 amide bonds. The molecule has 0 saturated carbocycles. The zero-order chi connectivity index (χ0) is 24.6. The van der Waals surface area contributed by atoms with Gasteiger partial charge in [-0.05, 0) is 55.0 Å². The van der Waals surface area contributed by atoms with Crippen molar-refractivity contribution in [3.05, 3.63) is 104 Å². The van der Waals surface area contributed by atoms with E-state index in [-0.39, 0.29) is 12.2 Å². The second-order valence-electron chi connectivity index (χ2n) is 8.77. The van der Waals surface area contributed by atoms with Gasteiger partial charge in [-0.15, -0.1) is 0 Å². The Morgan fingerprint density at radius 3 is 2.75 bits per heavy atom. The highest BCUT2D eigenvalue weighted by Crippen LogP contribution is 2.36. The van der Waals surface area contributed by atoms with Gasteiger partial charge in [0.05, 0.1) is 16.8 Å². The van der Waals surface area contributed by atoms with Crippen LogP contribution < -0.4 is 5.56 Å². The van der Waals surface area contributed by atoms with Crippen molar-refractivity contribution >= 4 is 44.8 Å². The second-order valence-corrected chi connectivity index (χ2v) is 9.81. The van der Waals surface area contributed by atoms with Crippen LogP contribution in [0.3, 0.4) is 0 Å². The summed E-state index contributed by atoms with van der Waals surface area (Å²) in [5.41, 5.74) is 5.70. The van der Waals surface area contributed by atoms with Crippen LogP contribution in [0.25, 0.3) is 27.5 Å². The summed E-state index contributed by atoms with van der Waals surface area (Å²) < 4.78 is 7.00. The molecule has 0 unspecified atom stereocenters. The lowest BCUT2D eigenvalue weighted by molar-refractivity contribution is 0.0472. The third kappa shape index (κ3) is 4.09. The number of esters is 1. The Bertz CT molecular complexity index is 1720. The summed E-state index contributed by atoms with van der Waals surface area (Å²) in [7, 11) is 0. The molecule has 8 heteroatoms. The lowest BCUT2D eigenvalue weighted by Gasteiger charge is -2.22. The highest BCUT2D eigenvalue weighted by Gasteiger charge is 2.26. The van der Waals surface area contributed by atoms with Crippen molar-refractivity contribution in [1.82, 2.24) is 19.6 Å². The molecule has 0 N–H and O–H groups in total. The molecule has 5 aromatic rings. The minimum Gasteiger partial charge on any atom is -0.455 e. The highest BCUT2D eigenvalue weighted by molar-refractivity contribution is 7.16. The maximum Gasteiger partial charge on any atom is 0.339 e. The number of allylic oxidation sites excluding steroid dienone is 1. The SMILES string of the molecule is Cc1cc(=O)n2nc(COC(=O)c3c4c(nc5ccccc35)/C(=C/c3ccccc3)CCC4)sc2n1. The van der Waals surface area contributed by atoms with Gasteiger partial charge in [0.1, 0.15) is 6.61 Å². The van der Waals surface area contributed by atoms with Gasteiger partial charge in [0, 0.05) is 17.1 Å². The average molecular weight is 495 g/mol. The van der Waals surface area contributed by atoms with Crippen LogP contribution in [0, 0.1) is 6.92 Å². The van der Waals surface area contributed by atoms with Crippen molar-refractivity contribution < 1.29 is 9.53 Å². The van der Waals surface area contributed by atoms with E-state index in [2.05, 4.69) is 28.3 Å². The van der Waals surface area contributed by atoms with Crippen LogP contribution in [-0.2, 0) is 17.8 Å². The fourth-order valence-electron chi connectivity index (χ4n) is 4.68. The van der Waals surface area contributed by atoms with Crippen LogP contribution in [-0.4, -0.2) is 25.6 Å². The van der Waals surface area contributed by atoms with Gasteiger partial charge in [0.2, 0.25) is 4.96 Å². The van der Waals surface area contributed by atoms with Crippen molar-refractivity contribution in [2.24, 2.45) is 0 Å². The molecule has 36 heavy (non-hydrogen) atoms. The predicted molar refractivity (Wildman–Crippen MR) is 140 cm³/mol. The lowest BCUT2D eigenvalue weighted by Crippen LogP contribution is -2.16. The van der Waals surface area contributed by atoms with Crippen molar-refractivity contribution in [2.45, 2.75) is 32.8 Å². The van der Waals surface area contributed by atoms with E-state index < -0.39 is 5.97 Å². The molecule has 1 aliphatic rings. The molecule has 2 aromatic carbocycles. The van der Waals surface area contributed by atoms with E-state index in [1.807, 2.05) is 42.5 Å². The number of aryl methyl sites for hydroxylation is 1. The molecule has 3 heterocycles. The summed E-state index contributed by atoms with van der Waals surface area (Å²) >= 11 is 1.24. The highest BCUT2D eigenvalue weighted by atomic mass is 32.1. The number of ether oxygens (including phenoxy) is 1. The Morgan fingerprint density at radius 1 is 1.08 bits per heavy atom. The fraction of sp³-hybridized carbons (Fsp3) is 0.179. The number of hydrogen-bond donors (Lipinski definition) is 0. The number of rotatable bonds is 4. The number of benzene rings is 2. The van der Waals surface area contributed by atoms with Crippen LogP contribution >= 0.6 is 11.3 Å². The molecule has 0 atom stereocenters. The maximum atomic E-state index is 13.5. The first kappa shape index (κ1) is 22.3. The molecule has 0 saturated heterocycles. The Morgan fingerprint density at radius 2 is 1.89 bits per heavy atom. The zero-order valence-corrected chi connectivity index (χ0v) is 20.4. The Balaban J connectivity index is 1.39. The molecule has 0 bridgehead atoms. The molecule has 0 spiro atoms. The van der Waals surface area contributed by atoms with Gasteiger partial charge in [0.25, 0.3) is 5.56 Å². The topological polar surface area (TPSA) is 86.5 Å². The van der Waals surface area contributed by atoms with E-state index in [9.17, 15) is 9.59 Å². The van der Waals surface area contributed by atoms with Crippen LogP contribution in [0.15, 0.2) is 65.5 Å². The van der Waals surface area contributed by atoms with Crippen molar-refractivity contribution in [3.63, 3.8) is 0 Å². The van der Waals surface area contributed by atoms with E-state index in [1.54, 1.807) is 6.92 Å². The van der Waals surface area contributed by atoms with E-state index in [1.165, 1.54) is 21.9 Å². The number of pyridine rings is 1. The molecule has 0 radical (unpaired) electrons. The summed E-state index contributed by atoms with van der Waals surface area (Å²) in [5, 5.41) is 5.58. The first-order valence-corrected chi connectivity index (χ1v) is 12.6. The number of carbonyl (C=O) groups is 1. The number of hydrogen-bond acceptors (Lipinski definition) is 7. The average Bonchev–Trinajstić information content (AvgIpc) is 3.30. The van der Waals surface area contributed by atoms with Crippen LogP contribution in [0.1, 0.15) is 50.7 Å². The monoisotopic (exact) mass is 494 g/mol. The van der Waals surface area contributed by atoms with Gasteiger partial charge >= 0.3 is 5.97 Å². The number of carbonyl (C=O) groups excluding carboxylic acids is 1. The molecular formula is C28H22N4O3S. The molecule has 7 nitrogen and oxygen atoms in total. The predicted octanol–water partition coefficient (Wildman–Crippen LogP) is 5.24. The number of nitrogens with zero attached hydrogens (tertiary/aromatic N) is 4. The van der Waals surface area contributed by atoms with Crippen LogP contribution in [0.5, 0.6) is 0 Å². The third-order valence-corrected chi connectivity index (χ3v) is 7.14. The van der Waals surface area contributed by atoms with Crippen molar-refractivity contribution in [2.75, 3.05) is 0 Å². The van der Waals surface area contributed by atoms with Crippen LogP contribution in [0.2, 0.25) is 0 Å². The number of aromatic nitrogens is 4. The minimum absolute atomic E-state index is 0.0382. The molecule has 3 aromatic heterocycles. The summed E-state index contributed by atoms with van der Waals surface area (Å²) in [4.78, 5) is 35.5. The van der Waals surface area contributed by atoms with Gasteiger partial charge in [-0.2, -0.15) is 9.61 Å². The fourth-order valence-corrected chi connectivity index (χ4v) is 5.53. The Labute approximate surface area is 210 Å². The molecule has 178 valence electrons. The van der Waals surface area contributed by atoms with Gasteiger partial charge < -0.3 is 4.74 Å². The quantitative estimate of drug-likeness (QED) is 0.318. The van der Waals surface area contributed by atoms with E-state index >= 15 is 0 Å². The molecule has 0 fully saturated rings.